The molecule has 0 unspecified atom stereocenters. The van der Waals surface area contributed by atoms with Gasteiger partial charge in [-0.3, -0.25) is 9.97 Å². The summed E-state index contributed by atoms with van der Waals surface area (Å²) in [6.07, 6.45) is 7.52. The molecule has 0 aliphatic rings. The molecule has 10 heterocycles. The SMILES string of the molecule is Cc1nc(C)nc(-c2ccc3c(c2)c2ccccc2n3-c2cc(-c3ccncc3)cc(-n3c4ccc(Cc5nc(C)nc(-c6ccc7c8ccccc8n(-c8cc(-c9ccncc9)cc(-n9c%10ccccc%10c%10ccc(-c%11nc(C)nc(C)n%11)cc%109)c8C#N)c7c6)n5)cc4c4cc(-c5nc(C)nc(C)n5)ccc43)c2C#N)n1. The lowest BCUT2D eigenvalue weighted by atomic mass is 10.0. The van der Waals surface area contributed by atoms with Gasteiger partial charge in [0.2, 0.25) is 0 Å². The Hall–Kier alpha value is -15.3. The first kappa shape index (κ1) is 66.2. The Morgan fingerprint density at radius 2 is 0.554 bits per heavy atom. The first-order chi connectivity index (χ1) is 54.7. The van der Waals surface area contributed by atoms with Crippen LogP contribution < -0.4 is 0 Å². The van der Waals surface area contributed by atoms with Gasteiger partial charge in [0.25, 0.3) is 0 Å². The van der Waals surface area contributed by atoms with Crippen molar-refractivity contribution in [3.63, 3.8) is 0 Å². The number of hydrogen-bond acceptors (Lipinski definition) is 16. The summed E-state index contributed by atoms with van der Waals surface area (Å²) in [4.78, 5) is 66.5. The predicted octanol–water partition coefficient (Wildman–Crippen LogP) is 19.1. The van der Waals surface area contributed by atoms with E-state index in [9.17, 15) is 10.5 Å². The van der Waals surface area contributed by atoms with Crippen molar-refractivity contribution < 1.29 is 0 Å². The summed E-state index contributed by atoms with van der Waals surface area (Å²) in [5.74, 6) is 7.09. The number of rotatable bonds is 12. The Bertz CT molecular complexity index is 7420. The van der Waals surface area contributed by atoms with E-state index in [1.165, 1.54) is 0 Å². The summed E-state index contributed by atoms with van der Waals surface area (Å²) in [6, 6.07) is 78.6. The number of benzene rings is 10. The predicted molar refractivity (Wildman–Crippen MR) is 437 cm³/mol. The summed E-state index contributed by atoms with van der Waals surface area (Å²) in [7, 11) is 0. The number of aromatic nitrogens is 18. The molecule has 112 heavy (non-hydrogen) atoms. The average Bonchev–Trinajstić information content (AvgIpc) is 1.56. The van der Waals surface area contributed by atoms with Crippen molar-refractivity contribution in [2.24, 2.45) is 0 Å². The topological polar surface area (TPSA) is 248 Å². The lowest BCUT2D eigenvalue weighted by Crippen LogP contribution is -2.06. The number of nitrogens with zero attached hydrogens (tertiary/aromatic N) is 20. The third-order valence-corrected chi connectivity index (χ3v) is 21.0. The molecule has 0 radical (unpaired) electrons. The van der Waals surface area contributed by atoms with Gasteiger partial charge in [-0.05, 0) is 204 Å². The minimum atomic E-state index is 0.343. The van der Waals surface area contributed by atoms with E-state index in [2.05, 4.69) is 201 Å². The quantitative estimate of drug-likeness (QED) is 0.110. The van der Waals surface area contributed by atoms with Crippen LogP contribution in [0.3, 0.4) is 0 Å². The van der Waals surface area contributed by atoms with Crippen molar-refractivity contribution in [1.82, 2.24) is 88.0 Å². The maximum absolute atomic E-state index is 12.0. The monoisotopic (exact) mass is 1450 g/mol. The zero-order chi connectivity index (χ0) is 75.7. The molecule has 20 aromatic rings. The molecule has 0 saturated carbocycles. The molecule has 0 saturated heterocycles. The summed E-state index contributed by atoms with van der Waals surface area (Å²) < 4.78 is 8.84. The van der Waals surface area contributed by atoms with E-state index >= 15 is 0 Å². The van der Waals surface area contributed by atoms with E-state index in [1.54, 1.807) is 24.8 Å². The minimum Gasteiger partial charge on any atom is -0.308 e. The fourth-order valence-electron chi connectivity index (χ4n) is 16.4. The van der Waals surface area contributed by atoms with Crippen LogP contribution in [0, 0.1) is 71.1 Å². The highest BCUT2D eigenvalue weighted by molar-refractivity contribution is 6.15. The van der Waals surface area contributed by atoms with Crippen LogP contribution in [0.15, 0.2) is 237 Å². The van der Waals surface area contributed by atoms with Gasteiger partial charge in [-0.25, -0.2) is 59.8 Å². The van der Waals surface area contributed by atoms with Crippen LogP contribution >= 0.6 is 0 Å². The fourth-order valence-corrected chi connectivity index (χ4v) is 16.4. The number of hydrogen-bond donors (Lipinski definition) is 0. The van der Waals surface area contributed by atoms with Crippen LogP contribution in [0.25, 0.3) is 178 Å². The Labute approximate surface area is 640 Å². The maximum atomic E-state index is 12.0. The first-order valence-corrected chi connectivity index (χ1v) is 36.7. The van der Waals surface area contributed by atoms with Crippen molar-refractivity contribution in [3.8, 4) is 103 Å². The van der Waals surface area contributed by atoms with Crippen molar-refractivity contribution in [3.05, 3.63) is 300 Å². The molecule has 10 aromatic carbocycles. The molecule has 0 N–H and O–H groups in total. The first-order valence-electron chi connectivity index (χ1n) is 36.7. The van der Waals surface area contributed by atoms with Gasteiger partial charge in [-0.15, -0.1) is 0 Å². The molecule has 0 aliphatic carbocycles. The van der Waals surface area contributed by atoms with Gasteiger partial charge in [-0.2, -0.15) is 10.5 Å². The van der Waals surface area contributed by atoms with E-state index in [0.717, 1.165) is 137 Å². The van der Waals surface area contributed by atoms with E-state index < -0.39 is 0 Å². The van der Waals surface area contributed by atoms with Crippen molar-refractivity contribution >= 4 is 87.2 Å². The number of para-hydroxylation sites is 3. The highest BCUT2D eigenvalue weighted by Gasteiger charge is 2.28. The molecule has 0 spiro atoms. The smallest absolute Gasteiger partial charge is 0.163 e. The molecule has 0 aliphatic heterocycles. The molecule has 20 rings (SSSR count). The molecular weight excluding hydrogens is 1390 g/mol. The second-order valence-corrected chi connectivity index (χ2v) is 28.2. The van der Waals surface area contributed by atoms with E-state index in [1.807, 2.05) is 115 Å². The molecule has 0 atom stereocenters. The molecule has 10 aromatic heterocycles. The van der Waals surface area contributed by atoms with Gasteiger partial charge >= 0.3 is 0 Å². The van der Waals surface area contributed by atoms with Crippen LogP contribution in [0.2, 0.25) is 0 Å². The maximum Gasteiger partial charge on any atom is 0.163 e. The molecule has 0 bridgehead atoms. The zero-order valence-electron chi connectivity index (χ0n) is 61.7. The number of pyridine rings is 2. The lowest BCUT2D eigenvalue weighted by Gasteiger charge is -2.18. The largest absolute Gasteiger partial charge is 0.308 e. The van der Waals surface area contributed by atoms with Crippen LogP contribution in [-0.4, -0.2) is 88.0 Å². The van der Waals surface area contributed by atoms with E-state index in [-0.39, 0.29) is 0 Å². The summed E-state index contributed by atoms with van der Waals surface area (Å²) >= 11 is 0. The van der Waals surface area contributed by atoms with Gasteiger partial charge in [-0.1, -0.05) is 84.9 Å². The molecule has 0 amide bonds. The molecule has 0 fully saturated rings. The lowest BCUT2D eigenvalue weighted by molar-refractivity contribution is 0.887. The second-order valence-electron chi connectivity index (χ2n) is 28.2. The average molecular weight is 1450 g/mol. The van der Waals surface area contributed by atoms with Crippen LogP contribution in [-0.2, 0) is 6.42 Å². The zero-order valence-corrected chi connectivity index (χ0v) is 61.7. The standard InChI is InChI=1S/C92H62N20/c1-50-97-51(2)102-89(101-50)60-23-28-80-72(40-60)68-16-10-13-19-78(68)109(80)84-44-64(58-30-34-95-35-31-58)45-85(74(84)48-93)110-79-27-20-57(38-71(79)73-41-61(24-29-81(73)110)90-103-52(3)98-53(4)104-90)39-88-100-56(7)107-92(108-88)63-22-26-70-67-15-9-12-18-77(67)112(83(70)43-63)87-47-65(59-32-36-96-37-33-59)46-86(75(87)49-94)111-76-17-11-8-14-66(76)69-25-21-62(42-82(69)111)91-105-54(5)99-55(6)106-91/h8-38,40-47H,39H2,1-7H3. The van der Waals surface area contributed by atoms with Crippen molar-refractivity contribution in [2.75, 3.05) is 0 Å². The van der Waals surface area contributed by atoms with Crippen molar-refractivity contribution in [2.45, 2.75) is 54.9 Å². The third kappa shape index (κ3) is 11.0. The second kappa shape index (κ2) is 26.0. The van der Waals surface area contributed by atoms with E-state index in [0.29, 0.717) is 110 Å². The molecule has 20 heteroatoms. The number of nitriles is 2. The summed E-state index contributed by atoms with van der Waals surface area (Å²) in [5.41, 5.74) is 18.6. The molecule has 20 nitrogen and oxygen atoms in total. The number of fused-ring (bicyclic) bond motifs is 12. The Morgan fingerprint density at radius 1 is 0.250 bits per heavy atom. The number of aryl methyl sites for hydroxylation is 7. The molecular formula is C92H62N20. The minimum absolute atomic E-state index is 0.343. The van der Waals surface area contributed by atoms with Gasteiger partial charge in [0.1, 0.15) is 69.9 Å². The fraction of sp³-hybridized carbons (Fsp3) is 0.0870. The Balaban J connectivity index is 0.744. The van der Waals surface area contributed by atoms with Gasteiger partial charge in [0.15, 0.2) is 23.3 Å². The summed E-state index contributed by atoms with van der Waals surface area (Å²) in [6.45, 7) is 13.2. The highest BCUT2D eigenvalue weighted by atomic mass is 15.1. The van der Waals surface area contributed by atoms with Gasteiger partial charge in [0, 0.05) is 96.6 Å². The van der Waals surface area contributed by atoms with Crippen LogP contribution in [0.1, 0.15) is 63.3 Å². The van der Waals surface area contributed by atoms with Crippen molar-refractivity contribution in [1.29, 1.82) is 10.5 Å². The Morgan fingerprint density at radius 3 is 0.955 bits per heavy atom. The normalized spacial score (nSPS) is 11.7. The summed E-state index contributed by atoms with van der Waals surface area (Å²) in [5, 5.41) is 31.8. The highest BCUT2D eigenvalue weighted by Crippen LogP contribution is 2.45. The van der Waals surface area contributed by atoms with Gasteiger partial charge in [0.05, 0.1) is 66.9 Å². The van der Waals surface area contributed by atoms with E-state index in [4.69, 9.17) is 44.9 Å². The van der Waals surface area contributed by atoms with Crippen LogP contribution in [0.4, 0.5) is 0 Å². The molecule has 530 valence electrons. The Kier molecular flexibility index (Phi) is 15.4. The van der Waals surface area contributed by atoms with Gasteiger partial charge < -0.3 is 18.3 Å². The third-order valence-electron chi connectivity index (χ3n) is 21.0. The van der Waals surface area contributed by atoms with Crippen LogP contribution in [0.5, 0.6) is 0 Å².